The van der Waals surface area contributed by atoms with Crippen molar-refractivity contribution in [2.24, 2.45) is 0 Å². The summed E-state index contributed by atoms with van der Waals surface area (Å²) >= 11 is 0. The summed E-state index contributed by atoms with van der Waals surface area (Å²) in [5.41, 5.74) is 8.13. The number of aromatic nitrogens is 1. The Labute approximate surface area is 92.7 Å². The van der Waals surface area contributed by atoms with Gasteiger partial charge in [-0.3, -0.25) is 0 Å². The van der Waals surface area contributed by atoms with E-state index >= 15 is 0 Å². The zero-order chi connectivity index (χ0) is 11.5. The van der Waals surface area contributed by atoms with E-state index in [1.165, 1.54) is 6.07 Å². The molecule has 2 rings (SSSR count). The topological polar surface area (TPSA) is 79.1 Å². The molecule has 0 saturated heterocycles. The molecule has 0 aliphatic rings. The third-order valence-electron chi connectivity index (χ3n) is 2.47. The van der Waals surface area contributed by atoms with Crippen molar-refractivity contribution in [3.05, 3.63) is 53.3 Å². The SMILES string of the molecule is Nc1c(Cc2ccc[nH]2)cccc1C(=O)O. The Morgan fingerprint density at radius 3 is 2.75 bits per heavy atom. The van der Waals surface area contributed by atoms with Gasteiger partial charge in [0.25, 0.3) is 0 Å². The van der Waals surface area contributed by atoms with Gasteiger partial charge >= 0.3 is 5.97 Å². The van der Waals surface area contributed by atoms with Crippen molar-refractivity contribution >= 4 is 11.7 Å². The van der Waals surface area contributed by atoms with Gasteiger partial charge in [-0.2, -0.15) is 0 Å². The average molecular weight is 216 g/mol. The van der Waals surface area contributed by atoms with Crippen LogP contribution < -0.4 is 5.73 Å². The first-order valence-corrected chi connectivity index (χ1v) is 4.91. The summed E-state index contributed by atoms with van der Waals surface area (Å²) in [6.07, 6.45) is 2.44. The molecule has 1 heterocycles. The predicted molar refractivity (Wildman–Crippen MR) is 61.4 cm³/mol. The minimum atomic E-state index is -0.995. The Morgan fingerprint density at radius 1 is 1.31 bits per heavy atom. The van der Waals surface area contributed by atoms with Crippen LogP contribution in [0.4, 0.5) is 5.69 Å². The molecular formula is C12H12N2O2. The van der Waals surface area contributed by atoms with E-state index < -0.39 is 5.97 Å². The molecule has 0 spiro atoms. The monoisotopic (exact) mass is 216 g/mol. The molecule has 4 N–H and O–H groups in total. The zero-order valence-electron chi connectivity index (χ0n) is 8.60. The lowest BCUT2D eigenvalue weighted by Gasteiger charge is -2.07. The van der Waals surface area contributed by atoms with Gasteiger partial charge in [0.1, 0.15) is 0 Å². The van der Waals surface area contributed by atoms with Crippen LogP contribution in [0.1, 0.15) is 21.6 Å². The highest BCUT2D eigenvalue weighted by Crippen LogP contribution is 2.20. The number of rotatable bonds is 3. The highest BCUT2D eigenvalue weighted by atomic mass is 16.4. The first-order chi connectivity index (χ1) is 7.68. The summed E-state index contributed by atoms with van der Waals surface area (Å²) in [5.74, 6) is -0.995. The van der Waals surface area contributed by atoms with Gasteiger partial charge in [-0.05, 0) is 23.8 Å². The maximum Gasteiger partial charge on any atom is 0.337 e. The fourth-order valence-corrected chi connectivity index (χ4v) is 1.64. The number of carboxylic acid groups (broad SMARTS) is 1. The molecule has 0 aliphatic carbocycles. The lowest BCUT2D eigenvalue weighted by Crippen LogP contribution is -2.05. The van der Waals surface area contributed by atoms with Crippen LogP contribution in [0.2, 0.25) is 0 Å². The number of hydrogen-bond acceptors (Lipinski definition) is 2. The van der Waals surface area contributed by atoms with Gasteiger partial charge in [0.2, 0.25) is 0 Å². The first kappa shape index (κ1) is 10.3. The van der Waals surface area contributed by atoms with Crippen LogP contribution in [-0.2, 0) is 6.42 Å². The fourth-order valence-electron chi connectivity index (χ4n) is 1.64. The summed E-state index contributed by atoms with van der Waals surface area (Å²) in [7, 11) is 0. The number of anilines is 1. The van der Waals surface area contributed by atoms with Crippen LogP contribution in [-0.4, -0.2) is 16.1 Å². The van der Waals surface area contributed by atoms with Gasteiger partial charge < -0.3 is 15.8 Å². The van der Waals surface area contributed by atoms with Gasteiger partial charge in [-0.1, -0.05) is 12.1 Å². The molecule has 0 saturated carbocycles. The number of para-hydroxylation sites is 1. The molecule has 0 bridgehead atoms. The smallest absolute Gasteiger partial charge is 0.337 e. The van der Waals surface area contributed by atoms with Crippen molar-refractivity contribution in [1.29, 1.82) is 0 Å². The van der Waals surface area contributed by atoms with Crippen molar-refractivity contribution in [1.82, 2.24) is 4.98 Å². The van der Waals surface area contributed by atoms with E-state index in [0.717, 1.165) is 11.3 Å². The molecule has 0 unspecified atom stereocenters. The quantitative estimate of drug-likeness (QED) is 0.685. The summed E-state index contributed by atoms with van der Waals surface area (Å²) in [6.45, 7) is 0. The molecule has 1 aromatic carbocycles. The van der Waals surface area contributed by atoms with Gasteiger partial charge in [0, 0.05) is 24.0 Å². The molecular weight excluding hydrogens is 204 g/mol. The minimum absolute atomic E-state index is 0.157. The van der Waals surface area contributed by atoms with Crippen molar-refractivity contribution in [3.63, 3.8) is 0 Å². The predicted octanol–water partition coefficient (Wildman–Crippen LogP) is 1.89. The van der Waals surface area contributed by atoms with Crippen molar-refractivity contribution in [2.75, 3.05) is 5.73 Å². The molecule has 0 atom stereocenters. The number of nitrogens with one attached hydrogen (secondary N) is 1. The van der Waals surface area contributed by atoms with Crippen LogP contribution in [0.25, 0.3) is 0 Å². The number of carboxylic acids is 1. The maximum absolute atomic E-state index is 10.9. The van der Waals surface area contributed by atoms with E-state index in [1.807, 2.05) is 24.4 Å². The Hall–Kier alpha value is -2.23. The number of aromatic amines is 1. The standard InChI is InChI=1S/C12H12N2O2/c13-11-8(7-9-4-2-6-14-9)3-1-5-10(11)12(15)16/h1-6,14H,7,13H2,(H,15,16). The van der Waals surface area contributed by atoms with Crippen molar-refractivity contribution in [3.8, 4) is 0 Å². The van der Waals surface area contributed by atoms with E-state index in [9.17, 15) is 4.79 Å². The Balaban J connectivity index is 2.35. The van der Waals surface area contributed by atoms with Gasteiger partial charge in [0.15, 0.2) is 0 Å². The number of hydrogen-bond donors (Lipinski definition) is 3. The van der Waals surface area contributed by atoms with E-state index in [2.05, 4.69) is 4.98 Å². The van der Waals surface area contributed by atoms with E-state index in [1.54, 1.807) is 6.07 Å². The molecule has 2 aromatic rings. The second-order valence-electron chi connectivity index (χ2n) is 3.56. The van der Waals surface area contributed by atoms with Crippen LogP contribution in [0.3, 0.4) is 0 Å². The largest absolute Gasteiger partial charge is 0.478 e. The van der Waals surface area contributed by atoms with E-state index in [0.29, 0.717) is 12.1 Å². The highest BCUT2D eigenvalue weighted by molar-refractivity contribution is 5.94. The molecule has 4 heteroatoms. The van der Waals surface area contributed by atoms with Crippen molar-refractivity contribution in [2.45, 2.75) is 6.42 Å². The molecule has 0 aliphatic heterocycles. The Kier molecular flexibility index (Phi) is 2.64. The maximum atomic E-state index is 10.9. The van der Waals surface area contributed by atoms with Gasteiger partial charge in [-0.25, -0.2) is 4.79 Å². The summed E-state index contributed by atoms with van der Waals surface area (Å²) in [4.78, 5) is 13.9. The molecule has 82 valence electrons. The fraction of sp³-hybridized carbons (Fsp3) is 0.0833. The lowest BCUT2D eigenvalue weighted by atomic mass is 10.0. The van der Waals surface area contributed by atoms with Gasteiger partial charge in [-0.15, -0.1) is 0 Å². The summed E-state index contributed by atoms with van der Waals surface area (Å²) < 4.78 is 0. The number of H-pyrrole nitrogens is 1. The van der Waals surface area contributed by atoms with E-state index in [4.69, 9.17) is 10.8 Å². The zero-order valence-corrected chi connectivity index (χ0v) is 8.60. The Bertz CT molecular complexity index is 504. The number of nitrogens with two attached hydrogens (primary N) is 1. The number of benzene rings is 1. The number of nitrogen functional groups attached to an aromatic ring is 1. The third-order valence-corrected chi connectivity index (χ3v) is 2.47. The van der Waals surface area contributed by atoms with Crippen LogP contribution in [0, 0.1) is 0 Å². The summed E-state index contributed by atoms with van der Waals surface area (Å²) in [5, 5.41) is 8.93. The van der Waals surface area contributed by atoms with Crippen LogP contribution in [0.5, 0.6) is 0 Å². The molecule has 0 amide bonds. The van der Waals surface area contributed by atoms with E-state index in [-0.39, 0.29) is 5.56 Å². The first-order valence-electron chi connectivity index (χ1n) is 4.91. The Morgan fingerprint density at radius 2 is 2.12 bits per heavy atom. The second-order valence-corrected chi connectivity index (χ2v) is 3.56. The molecule has 16 heavy (non-hydrogen) atoms. The minimum Gasteiger partial charge on any atom is -0.478 e. The van der Waals surface area contributed by atoms with Crippen LogP contribution >= 0.6 is 0 Å². The van der Waals surface area contributed by atoms with Gasteiger partial charge in [0.05, 0.1) is 5.56 Å². The molecule has 0 radical (unpaired) electrons. The number of carbonyl (C=O) groups is 1. The highest BCUT2D eigenvalue weighted by Gasteiger charge is 2.11. The average Bonchev–Trinajstić information content (AvgIpc) is 2.73. The lowest BCUT2D eigenvalue weighted by molar-refractivity contribution is 0.0698. The second kappa shape index (κ2) is 4.10. The van der Waals surface area contributed by atoms with Crippen LogP contribution in [0.15, 0.2) is 36.5 Å². The molecule has 0 fully saturated rings. The normalized spacial score (nSPS) is 10.2. The van der Waals surface area contributed by atoms with Crippen molar-refractivity contribution < 1.29 is 9.90 Å². The third kappa shape index (κ3) is 1.91. The molecule has 4 nitrogen and oxygen atoms in total. The molecule has 1 aromatic heterocycles. The number of aromatic carboxylic acids is 1. The summed E-state index contributed by atoms with van der Waals surface area (Å²) in [6, 6.07) is 8.88.